The SMILES string of the molecule is C=CCN1c2ccccc2CCC1c1ccccc1. The molecule has 0 aromatic heterocycles. The van der Waals surface area contributed by atoms with Crippen LogP contribution in [0.4, 0.5) is 5.69 Å². The van der Waals surface area contributed by atoms with Crippen molar-refractivity contribution in [3.05, 3.63) is 78.4 Å². The van der Waals surface area contributed by atoms with Crippen LogP contribution < -0.4 is 4.90 Å². The van der Waals surface area contributed by atoms with Crippen LogP contribution in [0.2, 0.25) is 0 Å². The Labute approximate surface area is 115 Å². The van der Waals surface area contributed by atoms with E-state index in [-0.39, 0.29) is 0 Å². The largest absolute Gasteiger partial charge is 0.361 e. The molecule has 0 N–H and O–H groups in total. The first kappa shape index (κ1) is 12.0. The molecule has 0 saturated carbocycles. The van der Waals surface area contributed by atoms with Crippen molar-refractivity contribution in [2.75, 3.05) is 11.4 Å². The number of rotatable bonds is 3. The van der Waals surface area contributed by atoms with E-state index >= 15 is 0 Å². The molecule has 1 nitrogen and oxygen atoms in total. The van der Waals surface area contributed by atoms with Crippen LogP contribution in [0.3, 0.4) is 0 Å². The monoisotopic (exact) mass is 249 g/mol. The Morgan fingerprint density at radius 2 is 1.79 bits per heavy atom. The van der Waals surface area contributed by atoms with Crippen molar-refractivity contribution in [3.63, 3.8) is 0 Å². The van der Waals surface area contributed by atoms with E-state index in [1.54, 1.807) is 0 Å². The molecule has 1 aliphatic rings. The third kappa shape index (κ3) is 2.28. The van der Waals surface area contributed by atoms with E-state index in [2.05, 4.69) is 66.1 Å². The molecule has 2 aromatic rings. The smallest absolute Gasteiger partial charge is 0.0549 e. The van der Waals surface area contributed by atoms with Crippen LogP contribution in [-0.2, 0) is 6.42 Å². The number of hydrogen-bond acceptors (Lipinski definition) is 1. The van der Waals surface area contributed by atoms with Gasteiger partial charge in [-0.15, -0.1) is 6.58 Å². The van der Waals surface area contributed by atoms with E-state index in [0.717, 1.165) is 13.0 Å². The predicted octanol–water partition coefficient (Wildman–Crippen LogP) is 4.37. The summed E-state index contributed by atoms with van der Waals surface area (Å²) >= 11 is 0. The summed E-state index contributed by atoms with van der Waals surface area (Å²) in [4.78, 5) is 2.47. The van der Waals surface area contributed by atoms with Gasteiger partial charge in [0.25, 0.3) is 0 Å². The highest BCUT2D eigenvalue weighted by atomic mass is 15.2. The summed E-state index contributed by atoms with van der Waals surface area (Å²) in [5, 5.41) is 0. The van der Waals surface area contributed by atoms with Gasteiger partial charge < -0.3 is 4.90 Å². The molecule has 96 valence electrons. The summed E-state index contributed by atoms with van der Waals surface area (Å²) in [5.41, 5.74) is 4.22. The average Bonchev–Trinajstić information content (AvgIpc) is 2.49. The fraction of sp³-hybridized carbons (Fsp3) is 0.222. The molecule has 1 aliphatic heterocycles. The molecule has 0 fully saturated rings. The molecule has 0 aliphatic carbocycles. The first-order valence-electron chi connectivity index (χ1n) is 6.90. The van der Waals surface area contributed by atoms with Crippen molar-refractivity contribution in [1.82, 2.24) is 0 Å². The Hall–Kier alpha value is -2.02. The minimum absolute atomic E-state index is 0.467. The van der Waals surface area contributed by atoms with Crippen LogP contribution in [-0.4, -0.2) is 6.54 Å². The molecule has 2 aromatic carbocycles. The molecule has 1 heteroatoms. The van der Waals surface area contributed by atoms with E-state index < -0.39 is 0 Å². The van der Waals surface area contributed by atoms with Gasteiger partial charge in [-0.25, -0.2) is 0 Å². The van der Waals surface area contributed by atoms with Crippen molar-refractivity contribution >= 4 is 5.69 Å². The highest BCUT2D eigenvalue weighted by molar-refractivity contribution is 5.58. The number of aryl methyl sites for hydroxylation is 1. The van der Waals surface area contributed by atoms with E-state index in [1.165, 1.54) is 23.2 Å². The fourth-order valence-electron chi connectivity index (χ4n) is 3.00. The van der Waals surface area contributed by atoms with Crippen LogP contribution in [0.1, 0.15) is 23.6 Å². The molecule has 0 radical (unpaired) electrons. The molecule has 1 heterocycles. The maximum absolute atomic E-state index is 3.91. The van der Waals surface area contributed by atoms with E-state index in [0.29, 0.717) is 6.04 Å². The van der Waals surface area contributed by atoms with Gasteiger partial charge in [0.15, 0.2) is 0 Å². The van der Waals surface area contributed by atoms with Crippen molar-refractivity contribution in [1.29, 1.82) is 0 Å². The Morgan fingerprint density at radius 3 is 2.58 bits per heavy atom. The van der Waals surface area contributed by atoms with E-state index in [1.807, 2.05) is 6.08 Å². The fourth-order valence-corrected chi connectivity index (χ4v) is 3.00. The number of anilines is 1. The molecule has 0 saturated heterocycles. The second-order valence-electron chi connectivity index (χ2n) is 5.03. The standard InChI is InChI=1S/C18H19N/c1-2-14-19-17-11-7-6-10-16(17)12-13-18(19)15-8-4-3-5-9-15/h2-11,18H,1,12-14H2. The average molecular weight is 249 g/mol. The van der Waals surface area contributed by atoms with Gasteiger partial charge in [-0.1, -0.05) is 54.6 Å². The zero-order valence-electron chi connectivity index (χ0n) is 11.1. The molecule has 19 heavy (non-hydrogen) atoms. The Balaban J connectivity index is 2.01. The molecular formula is C18H19N. The van der Waals surface area contributed by atoms with Crippen molar-refractivity contribution in [3.8, 4) is 0 Å². The maximum atomic E-state index is 3.91. The molecule has 0 spiro atoms. The number of nitrogens with zero attached hydrogens (tertiary/aromatic N) is 1. The van der Waals surface area contributed by atoms with Gasteiger partial charge in [0.05, 0.1) is 6.04 Å². The third-order valence-corrected chi connectivity index (χ3v) is 3.87. The number of hydrogen-bond donors (Lipinski definition) is 0. The lowest BCUT2D eigenvalue weighted by atomic mass is 9.91. The lowest BCUT2D eigenvalue weighted by molar-refractivity contribution is 0.568. The highest BCUT2D eigenvalue weighted by Gasteiger charge is 2.25. The summed E-state index contributed by atoms with van der Waals surface area (Å²) in [6.45, 7) is 4.81. The van der Waals surface area contributed by atoms with Crippen molar-refractivity contribution in [2.45, 2.75) is 18.9 Å². The summed E-state index contributed by atoms with van der Waals surface area (Å²) in [6, 6.07) is 20.0. The summed E-state index contributed by atoms with van der Waals surface area (Å²) in [6.07, 6.45) is 4.33. The minimum Gasteiger partial charge on any atom is -0.361 e. The van der Waals surface area contributed by atoms with Crippen LogP contribution >= 0.6 is 0 Å². The molecule has 1 atom stereocenters. The topological polar surface area (TPSA) is 3.24 Å². The summed E-state index contributed by atoms with van der Waals surface area (Å²) < 4.78 is 0. The van der Waals surface area contributed by atoms with Gasteiger partial charge in [-0.3, -0.25) is 0 Å². The maximum Gasteiger partial charge on any atom is 0.0549 e. The zero-order valence-corrected chi connectivity index (χ0v) is 11.1. The first-order chi connectivity index (χ1) is 9.40. The zero-order chi connectivity index (χ0) is 13.1. The predicted molar refractivity (Wildman–Crippen MR) is 81.5 cm³/mol. The lowest BCUT2D eigenvalue weighted by Crippen LogP contribution is -2.33. The van der Waals surface area contributed by atoms with Crippen LogP contribution in [0.15, 0.2) is 67.3 Å². The van der Waals surface area contributed by atoms with Crippen LogP contribution in [0, 0.1) is 0 Å². The molecular weight excluding hydrogens is 230 g/mol. The normalized spacial score (nSPS) is 17.9. The third-order valence-electron chi connectivity index (χ3n) is 3.87. The van der Waals surface area contributed by atoms with Gasteiger partial charge >= 0.3 is 0 Å². The molecule has 3 rings (SSSR count). The number of benzene rings is 2. The second-order valence-corrected chi connectivity index (χ2v) is 5.03. The van der Waals surface area contributed by atoms with Gasteiger partial charge in [0, 0.05) is 12.2 Å². The molecule has 1 unspecified atom stereocenters. The minimum atomic E-state index is 0.467. The molecule has 0 amide bonds. The lowest BCUT2D eigenvalue weighted by Gasteiger charge is -2.38. The van der Waals surface area contributed by atoms with Crippen molar-refractivity contribution in [2.24, 2.45) is 0 Å². The van der Waals surface area contributed by atoms with Gasteiger partial charge in [-0.2, -0.15) is 0 Å². The Kier molecular flexibility index (Phi) is 3.37. The Bertz CT molecular complexity index is 559. The highest BCUT2D eigenvalue weighted by Crippen LogP contribution is 2.38. The number of fused-ring (bicyclic) bond motifs is 1. The van der Waals surface area contributed by atoms with Crippen LogP contribution in [0.25, 0.3) is 0 Å². The number of para-hydroxylation sites is 1. The van der Waals surface area contributed by atoms with Gasteiger partial charge in [0.1, 0.15) is 0 Å². The first-order valence-corrected chi connectivity index (χ1v) is 6.90. The summed E-state index contributed by atoms with van der Waals surface area (Å²) in [7, 11) is 0. The van der Waals surface area contributed by atoms with Gasteiger partial charge in [-0.05, 0) is 30.0 Å². The summed E-state index contributed by atoms with van der Waals surface area (Å²) in [5.74, 6) is 0. The van der Waals surface area contributed by atoms with E-state index in [9.17, 15) is 0 Å². The second kappa shape index (κ2) is 5.31. The van der Waals surface area contributed by atoms with Crippen molar-refractivity contribution < 1.29 is 0 Å². The van der Waals surface area contributed by atoms with E-state index in [4.69, 9.17) is 0 Å². The quantitative estimate of drug-likeness (QED) is 0.730. The van der Waals surface area contributed by atoms with Crippen LogP contribution in [0.5, 0.6) is 0 Å². The Morgan fingerprint density at radius 1 is 1.05 bits per heavy atom. The van der Waals surface area contributed by atoms with Gasteiger partial charge in [0.2, 0.25) is 0 Å². The molecule has 0 bridgehead atoms.